The molecule has 1 saturated heterocycles. The van der Waals surface area contributed by atoms with E-state index in [0.717, 1.165) is 35.7 Å². The predicted octanol–water partition coefficient (Wildman–Crippen LogP) is 2.28. The third-order valence-corrected chi connectivity index (χ3v) is 4.93. The Bertz CT molecular complexity index is 743. The first-order valence-corrected chi connectivity index (χ1v) is 8.66. The topological polar surface area (TPSA) is 88.1 Å². The van der Waals surface area contributed by atoms with Crippen LogP contribution in [0.5, 0.6) is 0 Å². The fourth-order valence-electron chi connectivity index (χ4n) is 2.78. The number of likely N-dealkylation sites (tertiary alicyclic amines) is 1. The SMILES string of the molecule is CC(=O)Nc1ncc(-c2cnc([C@@H]3CCCN(C(C)=O)C3)cn2)s1. The van der Waals surface area contributed by atoms with Crippen LogP contribution < -0.4 is 5.32 Å². The average Bonchev–Trinajstić information content (AvgIpc) is 3.03. The minimum Gasteiger partial charge on any atom is -0.342 e. The van der Waals surface area contributed by atoms with Crippen molar-refractivity contribution in [3.8, 4) is 10.6 Å². The fourth-order valence-corrected chi connectivity index (χ4v) is 3.61. The van der Waals surface area contributed by atoms with Crippen LogP contribution in [0.2, 0.25) is 0 Å². The van der Waals surface area contributed by atoms with Crippen molar-refractivity contribution in [1.29, 1.82) is 0 Å². The molecule has 3 rings (SSSR count). The molecule has 8 heteroatoms. The van der Waals surface area contributed by atoms with Gasteiger partial charge in [-0.25, -0.2) is 4.98 Å². The molecule has 2 aromatic heterocycles. The second kappa shape index (κ2) is 7.04. The molecular formula is C16H19N5O2S. The van der Waals surface area contributed by atoms with Crippen LogP contribution in [0.25, 0.3) is 10.6 Å². The Morgan fingerprint density at radius 2 is 2.04 bits per heavy atom. The number of hydrogen-bond donors (Lipinski definition) is 1. The Hall–Kier alpha value is -2.35. The number of aromatic nitrogens is 3. The molecular weight excluding hydrogens is 326 g/mol. The van der Waals surface area contributed by atoms with Gasteiger partial charge in [0.25, 0.3) is 0 Å². The molecule has 0 aromatic carbocycles. The molecule has 0 bridgehead atoms. The molecule has 0 saturated carbocycles. The van der Waals surface area contributed by atoms with Gasteiger partial charge in [-0.1, -0.05) is 11.3 Å². The summed E-state index contributed by atoms with van der Waals surface area (Å²) < 4.78 is 0. The maximum Gasteiger partial charge on any atom is 0.223 e. The Morgan fingerprint density at radius 1 is 1.21 bits per heavy atom. The molecule has 2 amide bonds. The van der Waals surface area contributed by atoms with Gasteiger partial charge in [0, 0.05) is 45.2 Å². The first-order chi connectivity index (χ1) is 11.5. The molecule has 1 aliphatic rings. The highest BCUT2D eigenvalue weighted by Crippen LogP contribution is 2.29. The highest BCUT2D eigenvalue weighted by atomic mass is 32.1. The zero-order chi connectivity index (χ0) is 17.1. The van der Waals surface area contributed by atoms with Crippen molar-refractivity contribution in [2.75, 3.05) is 18.4 Å². The summed E-state index contributed by atoms with van der Waals surface area (Å²) in [4.78, 5) is 38.5. The van der Waals surface area contributed by atoms with Crippen molar-refractivity contribution < 1.29 is 9.59 Å². The molecule has 2 aromatic rings. The van der Waals surface area contributed by atoms with Crippen molar-refractivity contribution >= 4 is 28.3 Å². The lowest BCUT2D eigenvalue weighted by molar-refractivity contribution is -0.130. The Balaban J connectivity index is 1.72. The van der Waals surface area contributed by atoms with E-state index < -0.39 is 0 Å². The van der Waals surface area contributed by atoms with E-state index in [1.54, 1.807) is 25.5 Å². The van der Waals surface area contributed by atoms with Gasteiger partial charge in [0.2, 0.25) is 11.8 Å². The maximum atomic E-state index is 11.5. The lowest BCUT2D eigenvalue weighted by atomic mass is 9.95. The van der Waals surface area contributed by atoms with E-state index in [-0.39, 0.29) is 17.7 Å². The number of nitrogens with one attached hydrogen (secondary N) is 1. The summed E-state index contributed by atoms with van der Waals surface area (Å²) in [5.41, 5.74) is 1.64. The van der Waals surface area contributed by atoms with Crippen molar-refractivity contribution in [3.05, 3.63) is 24.3 Å². The number of hydrogen-bond acceptors (Lipinski definition) is 6. The summed E-state index contributed by atoms with van der Waals surface area (Å²) in [7, 11) is 0. The van der Waals surface area contributed by atoms with E-state index in [4.69, 9.17) is 0 Å². The molecule has 1 N–H and O–H groups in total. The van der Waals surface area contributed by atoms with E-state index in [0.29, 0.717) is 11.7 Å². The number of amides is 2. The zero-order valence-corrected chi connectivity index (χ0v) is 14.5. The molecule has 0 radical (unpaired) electrons. The summed E-state index contributed by atoms with van der Waals surface area (Å²) in [6, 6.07) is 0. The molecule has 0 unspecified atom stereocenters. The molecule has 126 valence electrons. The number of thiazole rings is 1. The summed E-state index contributed by atoms with van der Waals surface area (Å²) >= 11 is 1.36. The monoisotopic (exact) mass is 345 g/mol. The lowest BCUT2D eigenvalue weighted by Gasteiger charge is -2.31. The van der Waals surface area contributed by atoms with Crippen LogP contribution in [-0.2, 0) is 9.59 Å². The standard InChI is InChI=1S/C16H19N5O2S/c1-10(22)20-16-19-8-15(24-16)14-7-17-13(6-18-14)12-4-3-5-21(9-12)11(2)23/h6-8,12H,3-5,9H2,1-2H3,(H,19,20,22)/t12-/m1/s1. The van der Waals surface area contributed by atoms with E-state index >= 15 is 0 Å². The molecule has 24 heavy (non-hydrogen) atoms. The molecule has 0 spiro atoms. The highest BCUT2D eigenvalue weighted by Gasteiger charge is 2.24. The summed E-state index contributed by atoms with van der Waals surface area (Å²) in [5.74, 6) is 0.199. The van der Waals surface area contributed by atoms with Gasteiger partial charge in [0.05, 0.1) is 16.8 Å². The number of carbonyl (C=O) groups excluding carboxylic acids is 2. The van der Waals surface area contributed by atoms with Crippen LogP contribution in [0.15, 0.2) is 18.6 Å². The van der Waals surface area contributed by atoms with Gasteiger partial charge in [0.1, 0.15) is 5.69 Å². The van der Waals surface area contributed by atoms with Gasteiger partial charge in [-0.05, 0) is 12.8 Å². The van der Waals surface area contributed by atoms with E-state index in [2.05, 4.69) is 20.3 Å². The smallest absolute Gasteiger partial charge is 0.223 e. The minimum atomic E-state index is -0.148. The molecule has 3 heterocycles. The van der Waals surface area contributed by atoms with E-state index in [1.165, 1.54) is 18.3 Å². The normalized spacial score (nSPS) is 17.6. The van der Waals surface area contributed by atoms with Crippen molar-refractivity contribution in [1.82, 2.24) is 19.9 Å². The zero-order valence-electron chi connectivity index (χ0n) is 13.7. The van der Waals surface area contributed by atoms with Crippen LogP contribution in [0, 0.1) is 0 Å². The predicted molar refractivity (Wildman–Crippen MR) is 91.7 cm³/mol. The second-order valence-electron chi connectivity index (χ2n) is 5.84. The minimum absolute atomic E-state index is 0.111. The fraction of sp³-hybridized carbons (Fsp3) is 0.438. The highest BCUT2D eigenvalue weighted by molar-refractivity contribution is 7.19. The van der Waals surface area contributed by atoms with Gasteiger partial charge < -0.3 is 10.2 Å². The van der Waals surface area contributed by atoms with Gasteiger partial charge in [0.15, 0.2) is 5.13 Å². The number of rotatable bonds is 3. The Labute approximate surface area is 144 Å². The van der Waals surface area contributed by atoms with E-state index in [9.17, 15) is 9.59 Å². The molecule has 1 atom stereocenters. The number of anilines is 1. The number of carbonyl (C=O) groups is 2. The summed E-state index contributed by atoms with van der Waals surface area (Å²) in [5, 5.41) is 3.21. The van der Waals surface area contributed by atoms with Crippen molar-refractivity contribution in [3.63, 3.8) is 0 Å². The largest absolute Gasteiger partial charge is 0.342 e. The Kier molecular flexibility index (Phi) is 4.84. The van der Waals surface area contributed by atoms with Gasteiger partial charge >= 0.3 is 0 Å². The molecule has 1 fully saturated rings. The van der Waals surface area contributed by atoms with Crippen molar-refractivity contribution in [2.45, 2.75) is 32.6 Å². The number of piperidine rings is 1. The van der Waals surface area contributed by atoms with Gasteiger partial charge in [-0.15, -0.1) is 0 Å². The maximum absolute atomic E-state index is 11.5. The second-order valence-corrected chi connectivity index (χ2v) is 6.87. The lowest BCUT2D eigenvalue weighted by Crippen LogP contribution is -2.37. The first-order valence-electron chi connectivity index (χ1n) is 7.84. The van der Waals surface area contributed by atoms with Gasteiger partial charge in [-0.3, -0.25) is 19.6 Å². The van der Waals surface area contributed by atoms with Crippen LogP contribution in [-0.4, -0.2) is 44.8 Å². The Morgan fingerprint density at radius 3 is 2.71 bits per heavy atom. The summed E-state index contributed by atoms with van der Waals surface area (Å²) in [6.45, 7) is 4.58. The van der Waals surface area contributed by atoms with Crippen LogP contribution >= 0.6 is 11.3 Å². The average molecular weight is 345 g/mol. The third kappa shape index (κ3) is 3.76. The van der Waals surface area contributed by atoms with Crippen LogP contribution in [0.1, 0.15) is 38.3 Å². The van der Waals surface area contributed by atoms with Crippen molar-refractivity contribution in [2.24, 2.45) is 0 Å². The molecule has 7 nitrogen and oxygen atoms in total. The third-order valence-electron chi connectivity index (χ3n) is 4.00. The molecule has 0 aliphatic carbocycles. The van der Waals surface area contributed by atoms with E-state index in [1.807, 2.05) is 4.90 Å². The quantitative estimate of drug-likeness (QED) is 0.922. The number of nitrogens with zero attached hydrogens (tertiary/aromatic N) is 4. The van der Waals surface area contributed by atoms with Gasteiger partial charge in [-0.2, -0.15) is 0 Å². The molecule has 1 aliphatic heterocycles. The van der Waals surface area contributed by atoms with Crippen LogP contribution in [0.4, 0.5) is 5.13 Å². The summed E-state index contributed by atoms with van der Waals surface area (Å²) in [6.07, 6.45) is 7.19. The first kappa shape index (κ1) is 16.5. The van der Waals surface area contributed by atoms with Crippen LogP contribution in [0.3, 0.4) is 0 Å².